The molecule has 0 aliphatic carbocycles. The zero-order valence-corrected chi connectivity index (χ0v) is 9.87. The minimum atomic E-state index is -0.386. The van der Waals surface area contributed by atoms with Crippen LogP contribution in [-0.2, 0) is 6.61 Å². The highest BCUT2D eigenvalue weighted by atomic mass is 16.6. The lowest BCUT2D eigenvalue weighted by Gasteiger charge is -2.08. The Morgan fingerprint density at radius 3 is 2.83 bits per heavy atom. The lowest BCUT2D eigenvalue weighted by atomic mass is 10.1. The minimum absolute atomic E-state index is 0.113. The molecule has 0 bridgehead atoms. The summed E-state index contributed by atoms with van der Waals surface area (Å²) in [6, 6.07) is 8.53. The number of hydrogen-bond donors (Lipinski definition) is 0. The molecule has 2 rings (SSSR count). The number of rotatable bonds is 4. The molecular weight excluding hydrogens is 232 g/mol. The average molecular weight is 244 g/mol. The minimum Gasteiger partial charge on any atom is -0.487 e. The summed E-state index contributed by atoms with van der Waals surface area (Å²) in [6.07, 6.45) is 3.26. The Labute approximate surface area is 104 Å². The fourth-order valence-electron chi connectivity index (χ4n) is 1.62. The monoisotopic (exact) mass is 244 g/mol. The van der Waals surface area contributed by atoms with E-state index in [1.165, 1.54) is 6.07 Å². The number of nitrogens with zero attached hydrogens (tertiary/aromatic N) is 2. The predicted octanol–water partition coefficient (Wildman–Crippen LogP) is 2.88. The van der Waals surface area contributed by atoms with E-state index in [4.69, 9.17) is 4.74 Å². The van der Waals surface area contributed by atoms with Crippen LogP contribution in [0.1, 0.15) is 11.1 Å². The number of ether oxygens (including phenoxy) is 1. The van der Waals surface area contributed by atoms with Crippen LogP contribution in [0.25, 0.3) is 0 Å². The number of benzene rings is 1. The molecule has 1 aromatic heterocycles. The van der Waals surface area contributed by atoms with Crippen molar-refractivity contribution in [1.82, 2.24) is 4.98 Å². The van der Waals surface area contributed by atoms with E-state index in [0.717, 1.165) is 5.56 Å². The standard InChI is InChI=1S/C13H12N2O3/c1-10-11(4-2-6-13(10)15(16)17)9-18-12-5-3-7-14-8-12/h2-8H,9H2,1H3. The average Bonchev–Trinajstić information content (AvgIpc) is 2.38. The molecule has 0 amide bonds. The first-order valence-electron chi connectivity index (χ1n) is 5.44. The van der Waals surface area contributed by atoms with E-state index in [1.54, 1.807) is 37.5 Å². The van der Waals surface area contributed by atoms with Crippen molar-refractivity contribution >= 4 is 5.69 Å². The lowest BCUT2D eigenvalue weighted by Crippen LogP contribution is -2.01. The third-order valence-corrected chi connectivity index (χ3v) is 2.64. The van der Waals surface area contributed by atoms with Gasteiger partial charge >= 0.3 is 0 Å². The molecule has 0 aliphatic rings. The summed E-state index contributed by atoms with van der Waals surface area (Å²) in [5.41, 5.74) is 1.54. The Morgan fingerprint density at radius 1 is 1.33 bits per heavy atom. The van der Waals surface area contributed by atoms with Crippen molar-refractivity contribution in [2.24, 2.45) is 0 Å². The summed E-state index contributed by atoms with van der Waals surface area (Å²) in [4.78, 5) is 14.3. The smallest absolute Gasteiger partial charge is 0.272 e. The molecule has 18 heavy (non-hydrogen) atoms. The van der Waals surface area contributed by atoms with Gasteiger partial charge in [-0.3, -0.25) is 15.1 Å². The quantitative estimate of drug-likeness (QED) is 0.612. The first kappa shape index (κ1) is 12.0. The zero-order valence-electron chi connectivity index (χ0n) is 9.87. The van der Waals surface area contributed by atoms with Gasteiger partial charge in [0.25, 0.3) is 5.69 Å². The Hall–Kier alpha value is -2.43. The second-order valence-electron chi connectivity index (χ2n) is 3.80. The first-order valence-corrected chi connectivity index (χ1v) is 5.44. The summed E-state index contributed by atoms with van der Waals surface area (Å²) in [7, 11) is 0. The van der Waals surface area contributed by atoms with Gasteiger partial charge in [0.1, 0.15) is 12.4 Å². The van der Waals surface area contributed by atoms with Crippen molar-refractivity contribution in [3.63, 3.8) is 0 Å². The molecular formula is C13H12N2O3. The van der Waals surface area contributed by atoms with E-state index in [9.17, 15) is 10.1 Å². The van der Waals surface area contributed by atoms with Crippen molar-refractivity contribution in [2.45, 2.75) is 13.5 Å². The van der Waals surface area contributed by atoms with E-state index in [-0.39, 0.29) is 10.6 Å². The van der Waals surface area contributed by atoms with Gasteiger partial charge in [0, 0.05) is 17.8 Å². The third kappa shape index (κ3) is 2.63. The van der Waals surface area contributed by atoms with Crippen LogP contribution in [0.2, 0.25) is 0 Å². The van der Waals surface area contributed by atoms with E-state index in [2.05, 4.69) is 4.98 Å². The Bertz CT molecular complexity index is 555. The van der Waals surface area contributed by atoms with E-state index in [0.29, 0.717) is 17.9 Å². The molecule has 0 atom stereocenters. The summed E-state index contributed by atoms with van der Waals surface area (Å²) < 4.78 is 5.52. The second kappa shape index (κ2) is 5.27. The molecule has 5 heteroatoms. The van der Waals surface area contributed by atoms with Gasteiger partial charge in [-0.05, 0) is 24.6 Å². The molecule has 5 nitrogen and oxygen atoms in total. The maximum atomic E-state index is 10.8. The third-order valence-electron chi connectivity index (χ3n) is 2.64. The molecule has 0 aliphatic heterocycles. The molecule has 0 saturated heterocycles. The van der Waals surface area contributed by atoms with Crippen LogP contribution in [-0.4, -0.2) is 9.91 Å². The molecule has 0 radical (unpaired) electrons. The fourth-order valence-corrected chi connectivity index (χ4v) is 1.62. The maximum Gasteiger partial charge on any atom is 0.272 e. The fraction of sp³-hybridized carbons (Fsp3) is 0.154. The summed E-state index contributed by atoms with van der Waals surface area (Å²) in [5, 5.41) is 10.8. The van der Waals surface area contributed by atoms with Gasteiger partial charge in [-0.15, -0.1) is 0 Å². The number of nitro groups is 1. The highest BCUT2D eigenvalue weighted by molar-refractivity contribution is 5.44. The van der Waals surface area contributed by atoms with Gasteiger partial charge in [0.2, 0.25) is 0 Å². The molecule has 0 spiro atoms. The lowest BCUT2D eigenvalue weighted by molar-refractivity contribution is -0.385. The molecule has 2 aromatic rings. The normalized spacial score (nSPS) is 10.1. The van der Waals surface area contributed by atoms with Crippen LogP contribution >= 0.6 is 0 Å². The predicted molar refractivity (Wildman–Crippen MR) is 66.4 cm³/mol. The van der Waals surface area contributed by atoms with Crippen molar-refractivity contribution in [2.75, 3.05) is 0 Å². The molecule has 0 unspecified atom stereocenters. The Balaban J connectivity index is 2.15. The van der Waals surface area contributed by atoms with E-state index in [1.807, 2.05) is 6.07 Å². The Morgan fingerprint density at radius 2 is 2.17 bits per heavy atom. The summed E-state index contributed by atoms with van der Waals surface area (Å²) >= 11 is 0. The maximum absolute atomic E-state index is 10.8. The topological polar surface area (TPSA) is 65.3 Å². The molecule has 1 heterocycles. The molecule has 0 saturated carbocycles. The van der Waals surface area contributed by atoms with Crippen LogP contribution in [0, 0.1) is 17.0 Å². The highest BCUT2D eigenvalue weighted by Crippen LogP contribution is 2.22. The van der Waals surface area contributed by atoms with Gasteiger partial charge in [-0.25, -0.2) is 0 Å². The van der Waals surface area contributed by atoms with Gasteiger partial charge < -0.3 is 4.74 Å². The number of nitro benzene ring substituents is 1. The molecule has 92 valence electrons. The van der Waals surface area contributed by atoms with Gasteiger partial charge in [-0.2, -0.15) is 0 Å². The van der Waals surface area contributed by atoms with Crippen LogP contribution in [0.15, 0.2) is 42.7 Å². The van der Waals surface area contributed by atoms with Crippen molar-refractivity contribution < 1.29 is 9.66 Å². The van der Waals surface area contributed by atoms with Crippen LogP contribution in [0.4, 0.5) is 5.69 Å². The van der Waals surface area contributed by atoms with Crippen LogP contribution in [0.3, 0.4) is 0 Å². The SMILES string of the molecule is Cc1c(COc2cccnc2)cccc1[N+](=O)[O-]. The highest BCUT2D eigenvalue weighted by Gasteiger charge is 2.13. The number of aromatic nitrogens is 1. The van der Waals surface area contributed by atoms with Crippen LogP contribution < -0.4 is 4.74 Å². The summed E-state index contributed by atoms with van der Waals surface area (Å²) in [6.45, 7) is 2.01. The largest absolute Gasteiger partial charge is 0.487 e. The van der Waals surface area contributed by atoms with Crippen LogP contribution in [0.5, 0.6) is 5.75 Å². The van der Waals surface area contributed by atoms with E-state index < -0.39 is 0 Å². The van der Waals surface area contributed by atoms with E-state index >= 15 is 0 Å². The zero-order chi connectivity index (χ0) is 13.0. The van der Waals surface area contributed by atoms with Crippen molar-refractivity contribution in [3.05, 3.63) is 64.0 Å². The molecule has 1 aromatic carbocycles. The van der Waals surface area contributed by atoms with Crippen molar-refractivity contribution in [3.8, 4) is 5.75 Å². The number of pyridine rings is 1. The molecule has 0 fully saturated rings. The molecule has 0 N–H and O–H groups in total. The summed E-state index contributed by atoms with van der Waals surface area (Å²) in [5.74, 6) is 0.642. The van der Waals surface area contributed by atoms with Gasteiger partial charge in [-0.1, -0.05) is 12.1 Å². The van der Waals surface area contributed by atoms with Gasteiger partial charge in [0.15, 0.2) is 0 Å². The van der Waals surface area contributed by atoms with Gasteiger partial charge in [0.05, 0.1) is 11.1 Å². The number of hydrogen-bond acceptors (Lipinski definition) is 4. The Kier molecular flexibility index (Phi) is 3.52. The second-order valence-corrected chi connectivity index (χ2v) is 3.80. The van der Waals surface area contributed by atoms with Crippen molar-refractivity contribution in [1.29, 1.82) is 0 Å². The first-order chi connectivity index (χ1) is 8.68.